The van der Waals surface area contributed by atoms with Gasteiger partial charge in [-0.1, -0.05) is 36.4 Å². The number of nitrogens with one attached hydrogen (secondary N) is 1. The zero-order valence-electron chi connectivity index (χ0n) is 13.7. The first-order valence-electron chi connectivity index (χ1n) is 8.11. The molecule has 24 heavy (non-hydrogen) atoms. The smallest absolute Gasteiger partial charge is 0.231 e. The number of fused-ring (bicyclic) bond motifs is 3. The van der Waals surface area contributed by atoms with Crippen LogP contribution in [0.3, 0.4) is 0 Å². The van der Waals surface area contributed by atoms with E-state index in [9.17, 15) is 0 Å². The first kappa shape index (κ1) is 17.1. The van der Waals surface area contributed by atoms with Crippen LogP contribution in [-0.2, 0) is 17.8 Å². The van der Waals surface area contributed by atoms with Gasteiger partial charge in [0.05, 0.1) is 12.7 Å². The fourth-order valence-corrected chi connectivity index (χ4v) is 3.29. The topological polar surface area (TPSA) is 39.7 Å². The highest BCUT2D eigenvalue weighted by molar-refractivity contribution is 5.85. The van der Waals surface area contributed by atoms with Gasteiger partial charge in [-0.25, -0.2) is 0 Å². The number of hydrogen-bond acceptors (Lipinski definition) is 4. The van der Waals surface area contributed by atoms with Gasteiger partial charge in [0.15, 0.2) is 11.5 Å². The van der Waals surface area contributed by atoms with Crippen LogP contribution in [0.25, 0.3) is 0 Å². The number of hydrogen-bond donors (Lipinski definition) is 1. The van der Waals surface area contributed by atoms with E-state index in [1.165, 1.54) is 11.1 Å². The highest BCUT2D eigenvalue weighted by Crippen LogP contribution is 2.44. The molecule has 0 bridgehead atoms. The molecule has 0 radical (unpaired) electrons. The highest BCUT2D eigenvalue weighted by atomic mass is 35.5. The lowest BCUT2D eigenvalue weighted by Crippen LogP contribution is -2.32. The maximum absolute atomic E-state index is 5.95. The molecule has 0 amide bonds. The van der Waals surface area contributed by atoms with Crippen molar-refractivity contribution >= 4 is 12.4 Å². The molecule has 4 rings (SSSR count). The van der Waals surface area contributed by atoms with Crippen LogP contribution in [0.2, 0.25) is 0 Å². The van der Waals surface area contributed by atoms with E-state index in [1.54, 1.807) is 0 Å². The summed E-state index contributed by atoms with van der Waals surface area (Å²) >= 11 is 0. The molecule has 2 unspecified atom stereocenters. The van der Waals surface area contributed by atoms with E-state index < -0.39 is 0 Å². The van der Waals surface area contributed by atoms with Gasteiger partial charge >= 0.3 is 0 Å². The second-order valence-electron chi connectivity index (χ2n) is 6.17. The van der Waals surface area contributed by atoms with Gasteiger partial charge in [0.2, 0.25) is 6.79 Å². The standard InChI is InChI=1S/C19H21NO3.ClH/c1-13(9-14-5-3-2-4-6-14)20-10-18-15-7-8-17-19(23-12-22-17)16(15)11-21-18;/h2-8,13,18,20H,9-12H2,1H3;1H. The van der Waals surface area contributed by atoms with Crippen LogP contribution in [0.15, 0.2) is 42.5 Å². The molecule has 0 spiro atoms. The van der Waals surface area contributed by atoms with Crippen LogP contribution < -0.4 is 14.8 Å². The van der Waals surface area contributed by atoms with E-state index in [0.717, 1.165) is 30.0 Å². The first-order valence-corrected chi connectivity index (χ1v) is 8.11. The minimum Gasteiger partial charge on any atom is -0.454 e. The van der Waals surface area contributed by atoms with E-state index in [-0.39, 0.29) is 18.5 Å². The van der Waals surface area contributed by atoms with E-state index in [0.29, 0.717) is 19.4 Å². The lowest BCUT2D eigenvalue weighted by molar-refractivity contribution is 0.0635. The summed E-state index contributed by atoms with van der Waals surface area (Å²) in [5, 5.41) is 3.58. The van der Waals surface area contributed by atoms with E-state index >= 15 is 0 Å². The molecular weight excluding hydrogens is 326 g/mol. The molecule has 128 valence electrons. The van der Waals surface area contributed by atoms with Crippen molar-refractivity contribution in [1.82, 2.24) is 5.32 Å². The molecule has 2 aliphatic rings. The molecule has 0 fully saturated rings. The van der Waals surface area contributed by atoms with E-state index in [2.05, 4.69) is 48.6 Å². The summed E-state index contributed by atoms with van der Waals surface area (Å²) in [5.74, 6) is 1.70. The molecule has 0 saturated heterocycles. The third-order valence-corrected chi connectivity index (χ3v) is 4.49. The Morgan fingerprint density at radius 1 is 1.12 bits per heavy atom. The van der Waals surface area contributed by atoms with Crippen molar-refractivity contribution in [2.45, 2.75) is 32.1 Å². The maximum Gasteiger partial charge on any atom is 0.231 e. The largest absolute Gasteiger partial charge is 0.454 e. The van der Waals surface area contributed by atoms with Gasteiger partial charge in [0, 0.05) is 18.2 Å². The summed E-state index contributed by atoms with van der Waals surface area (Å²) in [4.78, 5) is 0. The van der Waals surface area contributed by atoms with Crippen molar-refractivity contribution < 1.29 is 14.2 Å². The second kappa shape index (κ2) is 7.43. The molecule has 0 aliphatic carbocycles. The van der Waals surface area contributed by atoms with E-state index in [1.807, 2.05) is 6.07 Å². The fourth-order valence-electron chi connectivity index (χ4n) is 3.29. The van der Waals surface area contributed by atoms with Crippen molar-refractivity contribution in [1.29, 1.82) is 0 Å². The maximum atomic E-state index is 5.95. The monoisotopic (exact) mass is 347 g/mol. The van der Waals surface area contributed by atoms with Gasteiger partial charge in [0.1, 0.15) is 0 Å². The Bertz CT molecular complexity index is 693. The SMILES string of the molecule is CC(Cc1ccccc1)NCC1OCc2c1ccc1c2OCO1.Cl. The van der Waals surface area contributed by atoms with Crippen LogP contribution in [0.5, 0.6) is 11.5 Å². The zero-order chi connectivity index (χ0) is 15.6. The predicted octanol–water partition coefficient (Wildman–Crippen LogP) is 3.63. The van der Waals surface area contributed by atoms with Gasteiger partial charge in [-0.3, -0.25) is 0 Å². The second-order valence-corrected chi connectivity index (χ2v) is 6.17. The number of benzene rings is 2. The molecule has 2 heterocycles. The Balaban J connectivity index is 0.00000169. The van der Waals surface area contributed by atoms with Crippen LogP contribution in [0.4, 0.5) is 0 Å². The van der Waals surface area contributed by atoms with Gasteiger partial charge in [0.25, 0.3) is 0 Å². The fraction of sp³-hybridized carbons (Fsp3) is 0.368. The summed E-state index contributed by atoms with van der Waals surface area (Å²) in [5.41, 5.74) is 3.71. The third-order valence-electron chi connectivity index (χ3n) is 4.49. The van der Waals surface area contributed by atoms with Crippen LogP contribution in [0, 0.1) is 0 Å². The van der Waals surface area contributed by atoms with Gasteiger partial charge in [-0.2, -0.15) is 0 Å². The Morgan fingerprint density at radius 3 is 2.79 bits per heavy atom. The average Bonchev–Trinajstić information content (AvgIpc) is 3.20. The lowest BCUT2D eigenvalue weighted by Gasteiger charge is -2.18. The van der Waals surface area contributed by atoms with Crippen molar-refractivity contribution in [2.24, 2.45) is 0 Å². The lowest BCUT2D eigenvalue weighted by atomic mass is 10.0. The quantitative estimate of drug-likeness (QED) is 0.896. The number of rotatable bonds is 5. The van der Waals surface area contributed by atoms with Crippen molar-refractivity contribution in [3.05, 3.63) is 59.2 Å². The molecule has 2 aromatic rings. The average molecular weight is 348 g/mol. The molecule has 0 saturated carbocycles. The molecule has 1 N–H and O–H groups in total. The number of halogens is 1. The molecule has 0 aromatic heterocycles. The summed E-state index contributed by atoms with van der Waals surface area (Å²) in [6.45, 7) is 3.92. The molecule has 2 aliphatic heterocycles. The normalized spacial score (nSPS) is 18.8. The molecule has 2 atom stereocenters. The minimum atomic E-state index is 0. The Hall–Kier alpha value is -1.75. The molecule has 5 heteroatoms. The van der Waals surface area contributed by atoms with Crippen molar-refractivity contribution in [2.75, 3.05) is 13.3 Å². The van der Waals surface area contributed by atoms with Gasteiger partial charge in [-0.15, -0.1) is 12.4 Å². The van der Waals surface area contributed by atoms with Crippen LogP contribution in [0.1, 0.15) is 29.7 Å². The third kappa shape index (κ3) is 3.36. The molecule has 4 nitrogen and oxygen atoms in total. The Morgan fingerprint density at radius 2 is 1.96 bits per heavy atom. The highest BCUT2D eigenvalue weighted by Gasteiger charge is 2.30. The zero-order valence-corrected chi connectivity index (χ0v) is 14.5. The van der Waals surface area contributed by atoms with Gasteiger partial charge < -0.3 is 19.5 Å². The van der Waals surface area contributed by atoms with Gasteiger partial charge in [-0.05, 0) is 30.5 Å². The molecular formula is C19H22ClNO3. The van der Waals surface area contributed by atoms with Crippen molar-refractivity contribution in [3.8, 4) is 11.5 Å². The summed E-state index contributed by atoms with van der Waals surface area (Å²) in [6.07, 6.45) is 1.10. The van der Waals surface area contributed by atoms with Crippen LogP contribution in [-0.4, -0.2) is 19.4 Å². The predicted molar refractivity (Wildman–Crippen MR) is 95.0 cm³/mol. The minimum absolute atomic E-state index is 0. The Labute approximate surface area is 148 Å². The summed E-state index contributed by atoms with van der Waals surface area (Å²) in [7, 11) is 0. The van der Waals surface area contributed by atoms with Crippen LogP contribution >= 0.6 is 12.4 Å². The number of ether oxygens (including phenoxy) is 3. The molecule has 2 aromatic carbocycles. The summed E-state index contributed by atoms with van der Waals surface area (Å²) in [6, 6.07) is 15.0. The summed E-state index contributed by atoms with van der Waals surface area (Å²) < 4.78 is 17.0. The van der Waals surface area contributed by atoms with E-state index in [4.69, 9.17) is 14.2 Å². The Kier molecular flexibility index (Phi) is 5.29. The van der Waals surface area contributed by atoms with Crippen molar-refractivity contribution in [3.63, 3.8) is 0 Å². The first-order chi connectivity index (χ1) is 11.3.